The second-order valence-electron chi connectivity index (χ2n) is 5.72. The monoisotopic (exact) mass is 273 g/mol. The number of rotatable bonds is 7. The standard InChI is InChI=1S/C15H31NOS/c1-5-8-13-9-10-14(16-7-3)15(11-13)18(17)12(4)6-2/h12-16H,5-11H2,1-4H3. The van der Waals surface area contributed by atoms with Crippen molar-refractivity contribution in [1.82, 2.24) is 5.32 Å². The molecule has 0 aromatic rings. The molecule has 1 saturated carbocycles. The molecule has 0 amide bonds. The summed E-state index contributed by atoms with van der Waals surface area (Å²) in [5.74, 6) is 0.808. The molecule has 5 atom stereocenters. The van der Waals surface area contributed by atoms with E-state index in [-0.39, 0.29) is 0 Å². The van der Waals surface area contributed by atoms with Crippen molar-refractivity contribution >= 4 is 10.8 Å². The average molecular weight is 273 g/mol. The fourth-order valence-corrected chi connectivity index (χ4v) is 5.04. The van der Waals surface area contributed by atoms with Crippen LogP contribution in [0, 0.1) is 5.92 Å². The Morgan fingerprint density at radius 1 is 1.28 bits per heavy atom. The molecule has 18 heavy (non-hydrogen) atoms. The highest BCUT2D eigenvalue weighted by Crippen LogP contribution is 2.32. The molecule has 0 aromatic carbocycles. The minimum Gasteiger partial charge on any atom is -0.313 e. The van der Waals surface area contributed by atoms with Crippen molar-refractivity contribution < 1.29 is 4.21 Å². The van der Waals surface area contributed by atoms with Crippen LogP contribution in [0.25, 0.3) is 0 Å². The van der Waals surface area contributed by atoms with E-state index >= 15 is 0 Å². The maximum Gasteiger partial charge on any atom is 0.0506 e. The van der Waals surface area contributed by atoms with Crippen LogP contribution in [0.5, 0.6) is 0 Å². The lowest BCUT2D eigenvalue weighted by Gasteiger charge is -2.37. The van der Waals surface area contributed by atoms with Crippen LogP contribution in [0.3, 0.4) is 0 Å². The Hall–Kier alpha value is 0.110. The fourth-order valence-electron chi connectivity index (χ4n) is 3.10. The molecule has 3 heteroatoms. The molecule has 0 aliphatic heterocycles. The lowest BCUT2D eigenvalue weighted by molar-refractivity contribution is 0.285. The van der Waals surface area contributed by atoms with Crippen LogP contribution < -0.4 is 5.32 Å². The fraction of sp³-hybridized carbons (Fsp3) is 1.00. The first-order chi connectivity index (χ1) is 8.63. The van der Waals surface area contributed by atoms with Gasteiger partial charge in [0.15, 0.2) is 0 Å². The van der Waals surface area contributed by atoms with E-state index in [4.69, 9.17) is 0 Å². The Labute approximate surface area is 116 Å². The van der Waals surface area contributed by atoms with Crippen molar-refractivity contribution in [3.05, 3.63) is 0 Å². The van der Waals surface area contributed by atoms with Gasteiger partial charge in [-0.1, -0.05) is 40.5 Å². The zero-order chi connectivity index (χ0) is 13.5. The van der Waals surface area contributed by atoms with Gasteiger partial charge >= 0.3 is 0 Å². The molecule has 0 radical (unpaired) electrons. The molecular weight excluding hydrogens is 242 g/mol. The second kappa shape index (κ2) is 8.31. The van der Waals surface area contributed by atoms with E-state index in [2.05, 4.69) is 33.0 Å². The van der Waals surface area contributed by atoms with Crippen molar-refractivity contribution in [2.45, 2.75) is 82.8 Å². The van der Waals surface area contributed by atoms with Gasteiger partial charge in [0.05, 0.1) is 5.25 Å². The van der Waals surface area contributed by atoms with Crippen LogP contribution in [-0.4, -0.2) is 27.3 Å². The van der Waals surface area contributed by atoms with Crippen molar-refractivity contribution in [3.8, 4) is 0 Å². The quantitative estimate of drug-likeness (QED) is 0.769. The Kier molecular flexibility index (Phi) is 7.47. The third kappa shape index (κ3) is 4.34. The second-order valence-corrected chi connectivity index (χ2v) is 7.79. The van der Waals surface area contributed by atoms with E-state index in [1.54, 1.807) is 0 Å². The molecule has 2 nitrogen and oxygen atoms in total. The van der Waals surface area contributed by atoms with E-state index in [1.165, 1.54) is 32.1 Å². The first-order valence-corrected chi connectivity index (χ1v) is 9.04. The van der Waals surface area contributed by atoms with Gasteiger partial charge < -0.3 is 5.32 Å². The maximum atomic E-state index is 12.6. The van der Waals surface area contributed by atoms with Gasteiger partial charge in [-0.05, 0) is 38.1 Å². The molecule has 1 aliphatic rings. The summed E-state index contributed by atoms with van der Waals surface area (Å²) in [7, 11) is -0.670. The molecular formula is C15H31NOS. The van der Waals surface area contributed by atoms with Crippen molar-refractivity contribution in [1.29, 1.82) is 0 Å². The van der Waals surface area contributed by atoms with Crippen LogP contribution in [-0.2, 0) is 10.8 Å². The molecule has 0 spiro atoms. The zero-order valence-electron chi connectivity index (χ0n) is 12.6. The van der Waals surface area contributed by atoms with E-state index < -0.39 is 10.8 Å². The first-order valence-electron chi connectivity index (χ1n) is 7.76. The molecule has 0 bridgehead atoms. The molecule has 5 unspecified atom stereocenters. The van der Waals surface area contributed by atoms with Crippen molar-refractivity contribution in [2.75, 3.05) is 6.54 Å². The molecule has 1 aliphatic carbocycles. The maximum absolute atomic E-state index is 12.6. The summed E-state index contributed by atoms with van der Waals surface area (Å²) in [5.41, 5.74) is 0. The SMILES string of the molecule is CCCC1CCC(NCC)C(S(=O)C(C)CC)C1. The van der Waals surface area contributed by atoms with Crippen LogP contribution in [0.1, 0.15) is 66.2 Å². The average Bonchev–Trinajstić information content (AvgIpc) is 2.39. The zero-order valence-corrected chi connectivity index (χ0v) is 13.4. The van der Waals surface area contributed by atoms with E-state index in [1.807, 2.05) is 0 Å². The molecule has 1 N–H and O–H groups in total. The van der Waals surface area contributed by atoms with Gasteiger partial charge in [0.1, 0.15) is 0 Å². The van der Waals surface area contributed by atoms with Crippen molar-refractivity contribution in [2.24, 2.45) is 5.92 Å². The van der Waals surface area contributed by atoms with Gasteiger partial charge in [-0.2, -0.15) is 0 Å². The third-order valence-corrected chi connectivity index (χ3v) is 6.58. The van der Waals surface area contributed by atoms with Crippen LogP contribution in [0.15, 0.2) is 0 Å². The van der Waals surface area contributed by atoms with Crippen LogP contribution in [0.4, 0.5) is 0 Å². The van der Waals surface area contributed by atoms with Gasteiger partial charge in [0.2, 0.25) is 0 Å². The summed E-state index contributed by atoms with van der Waals surface area (Å²) in [6, 6.07) is 0.484. The Bertz CT molecular complexity index is 257. The lowest BCUT2D eigenvalue weighted by atomic mass is 9.83. The van der Waals surface area contributed by atoms with Gasteiger partial charge in [-0.25, -0.2) is 0 Å². The van der Waals surface area contributed by atoms with Crippen LogP contribution in [0.2, 0.25) is 0 Å². The normalized spacial score (nSPS) is 32.1. The number of hydrogen-bond donors (Lipinski definition) is 1. The topological polar surface area (TPSA) is 29.1 Å². The van der Waals surface area contributed by atoms with Gasteiger partial charge in [0.25, 0.3) is 0 Å². The highest BCUT2D eigenvalue weighted by molar-refractivity contribution is 7.86. The molecule has 108 valence electrons. The van der Waals surface area contributed by atoms with Crippen LogP contribution >= 0.6 is 0 Å². The predicted octanol–water partition coefficient (Wildman–Crippen LogP) is 3.48. The Balaban J connectivity index is 2.68. The minimum atomic E-state index is -0.670. The van der Waals surface area contributed by atoms with Crippen molar-refractivity contribution in [3.63, 3.8) is 0 Å². The third-order valence-electron chi connectivity index (χ3n) is 4.33. The number of nitrogens with one attached hydrogen (secondary N) is 1. The summed E-state index contributed by atoms with van der Waals surface area (Å²) in [6.07, 6.45) is 7.31. The smallest absolute Gasteiger partial charge is 0.0506 e. The molecule has 0 aromatic heterocycles. The lowest BCUT2D eigenvalue weighted by Crippen LogP contribution is -2.48. The minimum absolute atomic E-state index is 0.344. The summed E-state index contributed by atoms with van der Waals surface area (Å²) in [4.78, 5) is 0. The highest BCUT2D eigenvalue weighted by Gasteiger charge is 2.34. The molecule has 0 saturated heterocycles. The van der Waals surface area contributed by atoms with Gasteiger partial charge in [-0.3, -0.25) is 4.21 Å². The van der Waals surface area contributed by atoms with Gasteiger partial charge in [0, 0.05) is 22.1 Å². The number of hydrogen-bond acceptors (Lipinski definition) is 2. The predicted molar refractivity (Wildman–Crippen MR) is 81.4 cm³/mol. The van der Waals surface area contributed by atoms with Gasteiger partial charge in [-0.15, -0.1) is 0 Å². The molecule has 1 fully saturated rings. The first kappa shape index (κ1) is 16.2. The Morgan fingerprint density at radius 3 is 2.56 bits per heavy atom. The van der Waals surface area contributed by atoms with E-state index in [0.717, 1.165) is 18.9 Å². The molecule has 1 rings (SSSR count). The summed E-state index contributed by atoms with van der Waals surface area (Å²) >= 11 is 0. The summed E-state index contributed by atoms with van der Waals surface area (Å²) in [6.45, 7) is 9.70. The molecule has 0 heterocycles. The van der Waals surface area contributed by atoms with E-state index in [0.29, 0.717) is 16.5 Å². The largest absolute Gasteiger partial charge is 0.313 e. The highest BCUT2D eigenvalue weighted by atomic mass is 32.2. The van der Waals surface area contributed by atoms with E-state index in [9.17, 15) is 4.21 Å². The summed E-state index contributed by atoms with van der Waals surface area (Å²) in [5, 5.41) is 4.29. The summed E-state index contributed by atoms with van der Waals surface area (Å²) < 4.78 is 12.6. The Morgan fingerprint density at radius 2 is 2.00 bits per heavy atom.